The minimum Gasteiger partial charge on any atom is -0.312 e. The van der Waals surface area contributed by atoms with Crippen LogP contribution in [0.15, 0.2) is 52.7 Å². The van der Waals surface area contributed by atoms with Crippen molar-refractivity contribution in [1.82, 2.24) is 9.88 Å². The highest BCUT2D eigenvalue weighted by molar-refractivity contribution is 6.21. The lowest BCUT2D eigenvalue weighted by Gasteiger charge is -2.28. The van der Waals surface area contributed by atoms with Crippen molar-refractivity contribution in [2.45, 2.75) is 12.6 Å². The Morgan fingerprint density at radius 2 is 2.04 bits per heavy atom. The van der Waals surface area contributed by atoms with Crippen LogP contribution in [0.1, 0.15) is 27.9 Å². The van der Waals surface area contributed by atoms with E-state index in [9.17, 15) is 18.0 Å². The van der Waals surface area contributed by atoms with Gasteiger partial charge in [0.15, 0.2) is 5.78 Å². The minimum atomic E-state index is -4.53. The quantitative estimate of drug-likeness (QED) is 0.790. The van der Waals surface area contributed by atoms with Crippen LogP contribution in [0.2, 0.25) is 0 Å². The van der Waals surface area contributed by atoms with E-state index in [1.54, 1.807) is 29.3 Å². The first-order chi connectivity index (χ1) is 12.4. The number of Topliss-reactive ketones (excluding diaryl/α,β-unsaturated/α-hetero) is 1. The van der Waals surface area contributed by atoms with Crippen molar-refractivity contribution < 1.29 is 18.0 Å². The van der Waals surface area contributed by atoms with Gasteiger partial charge in [-0.3, -0.25) is 14.8 Å². The third kappa shape index (κ3) is 2.77. The number of nitrogens with zero attached hydrogens (tertiary/aromatic N) is 4. The fourth-order valence-electron chi connectivity index (χ4n) is 3.10. The number of hydrogen-bond acceptors (Lipinski definition) is 5. The lowest BCUT2D eigenvalue weighted by molar-refractivity contribution is -0.137. The number of fused-ring (bicyclic) bond motifs is 3. The first-order valence-corrected chi connectivity index (χ1v) is 7.98. The lowest BCUT2D eigenvalue weighted by Crippen LogP contribution is -2.38. The third-order valence-corrected chi connectivity index (χ3v) is 4.28. The van der Waals surface area contributed by atoms with Crippen molar-refractivity contribution in [3.05, 3.63) is 59.4 Å². The number of halogens is 3. The second-order valence-corrected chi connectivity index (χ2v) is 5.93. The summed E-state index contributed by atoms with van der Waals surface area (Å²) in [5.74, 6) is 0.463. The van der Waals surface area contributed by atoms with Gasteiger partial charge in [-0.15, -0.1) is 0 Å². The van der Waals surface area contributed by atoms with Crippen molar-refractivity contribution in [2.24, 2.45) is 9.98 Å². The summed E-state index contributed by atoms with van der Waals surface area (Å²) >= 11 is 0. The molecule has 8 heteroatoms. The van der Waals surface area contributed by atoms with Gasteiger partial charge in [0.25, 0.3) is 0 Å². The number of aromatic nitrogens is 1. The van der Waals surface area contributed by atoms with E-state index in [1.807, 2.05) is 0 Å². The molecule has 0 unspecified atom stereocenters. The van der Waals surface area contributed by atoms with Crippen molar-refractivity contribution in [3.8, 4) is 0 Å². The molecule has 0 radical (unpaired) electrons. The average molecular weight is 358 g/mol. The Hall–Kier alpha value is -3.03. The van der Waals surface area contributed by atoms with Gasteiger partial charge < -0.3 is 4.90 Å². The molecule has 0 bridgehead atoms. The average Bonchev–Trinajstić information content (AvgIpc) is 3.11. The first-order valence-electron chi connectivity index (χ1n) is 7.98. The Balaban J connectivity index is 1.78. The molecule has 0 saturated heterocycles. The largest absolute Gasteiger partial charge is 0.418 e. The smallest absolute Gasteiger partial charge is 0.312 e. The number of ketones is 1. The lowest BCUT2D eigenvalue weighted by atomic mass is 10.0. The zero-order valence-corrected chi connectivity index (χ0v) is 13.5. The second kappa shape index (κ2) is 6.05. The van der Waals surface area contributed by atoms with Crippen LogP contribution in [0.4, 0.5) is 18.9 Å². The SMILES string of the molecule is O=C(CC1=Nc2c(cccc2C(F)(F)F)C2=NCCN12)c1cccnc1. The van der Waals surface area contributed by atoms with Gasteiger partial charge in [-0.1, -0.05) is 6.07 Å². The van der Waals surface area contributed by atoms with Gasteiger partial charge in [-0.05, 0) is 24.3 Å². The summed E-state index contributed by atoms with van der Waals surface area (Å²) in [4.78, 5) is 26.6. The third-order valence-electron chi connectivity index (χ3n) is 4.28. The van der Waals surface area contributed by atoms with Crippen LogP contribution in [0.3, 0.4) is 0 Å². The Labute approximate surface area is 146 Å². The van der Waals surface area contributed by atoms with E-state index < -0.39 is 11.7 Å². The highest BCUT2D eigenvalue weighted by Gasteiger charge is 2.39. The van der Waals surface area contributed by atoms with E-state index in [0.29, 0.717) is 30.1 Å². The Bertz CT molecular complexity index is 935. The highest BCUT2D eigenvalue weighted by Crippen LogP contribution is 2.41. The van der Waals surface area contributed by atoms with Gasteiger partial charge in [-0.25, -0.2) is 4.99 Å². The summed E-state index contributed by atoms with van der Waals surface area (Å²) in [6.07, 6.45) is -1.67. The number of rotatable bonds is 3. The van der Waals surface area contributed by atoms with E-state index >= 15 is 0 Å². The molecule has 1 aromatic heterocycles. The van der Waals surface area contributed by atoms with Gasteiger partial charge in [0.1, 0.15) is 11.7 Å². The van der Waals surface area contributed by atoms with Gasteiger partial charge >= 0.3 is 6.18 Å². The van der Waals surface area contributed by atoms with Crippen LogP contribution in [-0.4, -0.2) is 40.4 Å². The van der Waals surface area contributed by atoms with Crippen LogP contribution < -0.4 is 0 Å². The summed E-state index contributed by atoms with van der Waals surface area (Å²) in [5.41, 5.74) is -0.265. The molecule has 0 atom stereocenters. The molecule has 1 aromatic carbocycles. The molecule has 0 spiro atoms. The molecule has 5 nitrogen and oxygen atoms in total. The van der Waals surface area contributed by atoms with Crippen molar-refractivity contribution in [3.63, 3.8) is 0 Å². The highest BCUT2D eigenvalue weighted by atomic mass is 19.4. The van der Waals surface area contributed by atoms with Crippen LogP contribution in [-0.2, 0) is 6.18 Å². The molecule has 0 N–H and O–H groups in total. The number of amidine groups is 2. The topological polar surface area (TPSA) is 57.9 Å². The van der Waals surface area contributed by atoms with E-state index in [1.165, 1.54) is 12.3 Å². The number of hydrogen-bond donors (Lipinski definition) is 0. The maximum Gasteiger partial charge on any atom is 0.418 e. The molecule has 0 fully saturated rings. The molecule has 0 amide bonds. The molecule has 2 aromatic rings. The normalized spacial score (nSPS) is 15.9. The summed E-state index contributed by atoms with van der Waals surface area (Å²) in [7, 11) is 0. The van der Waals surface area contributed by atoms with Crippen molar-refractivity contribution in [1.29, 1.82) is 0 Å². The van der Waals surface area contributed by atoms with E-state index in [0.717, 1.165) is 6.07 Å². The fraction of sp³-hybridized carbons (Fsp3) is 0.222. The minimum absolute atomic E-state index is 0.115. The summed E-state index contributed by atoms with van der Waals surface area (Å²) < 4.78 is 40.1. The standard InChI is InChI=1S/C18H13F3N4O/c19-18(20,21)13-5-1-4-12-16(13)24-15(25-8-7-23-17(12)25)9-14(26)11-3-2-6-22-10-11/h1-6,10H,7-9H2. The predicted molar refractivity (Wildman–Crippen MR) is 89.8 cm³/mol. The molecule has 26 heavy (non-hydrogen) atoms. The predicted octanol–water partition coefficient (Wildman–Crippen LogP) is 3.48. The fourth-order valence-corrected chi connectivity index (χ4v) is 3.10. The van der Waals surface area contributed by atoms with Crippen molar-refractivity contribution >= 4 is 23.1 Å². The Morgan fingerprint density at radius 1 is 1.19 bits per heavy atom. The maximum absolute atomic E-state index is 13.4. The summed E-state index contributed by atoms with van der Waals surface area (Å²) in [5, 5.41) is 0. The van der Waals surface area contributed by atoms with E-state index in [2.05, 4.69) is 15.0 Å². The summed E-state index contributed by atoms with van der Waals surface area (Å²) in [6.45, 7) is 0.940. The number of alkyl halides is 3. The molecule has 4 rings (SSSR count). The second-order valence-electron chi connectivity index (χ2n) is 5.93. The van der Waals surface area contributed by atoms with Gasteiger partial charge in [0.05, 0.1) is 24.2 Å². The molecule has 132 valence electrons. The molecule has 2 aliphatic rings. The summed E-state index contributed by atoms with van der Waals surface area (Å²) in [6, 6.07) is 7.17. The number of pyridine rings is 1. The van der Waals surface area contributed by atoms with Gasteiger partial charge in [-0.2, -0.15) is 13.2 Å². The number of carbonyl (C=O) groups excluding carboxylic acids is 1. The Morgan fingerprint density at radius 3 is 2.77 bits per heavy atom. The zero-order chi connectivity index (χ0) is 18.3. The molecule has 2 aliphatic heterocycles. The van der Waals surface area contributed by atoms with Crippen LogP contribution in [0, 0.1) is 0 Å². The number of para-hydroxylation sites is 1. The Kier molecular flexibility index (Phi) is 3.82. The van der Waals surface area contributed by atoms with Gasteiger partial charge in [0, 0.05) is 30.1 Å². The molecular formula is C18H13F3N4O. The zero-order valence-electron chi connectivity index (χ0n) is 13.5. The molecule has 3 heterocycles. The van der Waals surface area contributed by atoms with Crippen LogP contribution >= 0.6 is 0 Å². The first kappa shape index (κ1) is 16.4. The molecule has 0 saturated carbocycles. The van der Waals surface area contributed by atoms with Crippen LogP contribution in [0.5, 0.6) is 0 Å². The van der Waals surface area contributed by atoms with Crippen LogP contribution in [0.25, 0.3) is 0 Å². The van der Waals surface area contributed by atoms with E-state index in [4.69, 9.17) is 0 Å². The molecular weight excluding hydrogens is 345 g/mol. The molecule has 0 aliphatic carbocycles. The van der Waals surface area contributed by atoms with Gasteiger partial charge in [0.2, 0.25) is 0 Å². The monoisotopic (exact) mass is 358 g/mol. The van der Waals surface area contributed by atoms with Crippen molar-refractivity contribution in [2.75, 3.05) is 13.1 Å². The number of carbonyl (C=O) groups is 1. The van der Waals surface area contributed by atoms with E-state index in [-0.39, 0.29) is 23.7 Å². The number of benzene rings is 1. The number of aliphatic imine (C=N–C) groups is 2. The maximum atomic E-state index is 13.4.